The lowest BCUT2D eigenvalue weighted by Crippen LogP contribution is -2.45. The molecule has 0 aliphatic heterocycles. The molecule has 0 saturated heterocycles. The van der Waals surface area contributed by atoms with Gasteiger partial charge in [0.25, 0.3) is 5.91 Å². The molecule has 0 aliphatic rings. The fourth-order valence-electron chi connectivity index (χ4n) is 3.11. The van der Waals surface area contributed by atoms with Crippen LogP contribution in [0.2, 0.25) is 0 Å². The number of hydrogen-bond donors (Lipinski definition) is 2. The molecule has 3 rings (SSSR count). The fourth-order valence-corrected chi connectivity index (χ4v) is 3.11. The second kappa shape index (κ2) is 8.31. The van der Waals surface area contributed by atoms with Crippen LogP contribution in [0.3, 0.4) is 0 Å². The number of nitrogens with one attached hydrogen (secondary N) is 1. The Morgan fingerprint density at radius 3 is 2.41 bits per heavy atom. The number of carbonyl (C=O) groups is 2. The van der Waals surface area contributed by atoms with Crippen molar-refractivity contribution in [3.8, 4) is 11.3 Å². The number of carbonyl (C=O) groups excluding carboxylic acids is 1. The van der Waals surface area contributed by atoms with Crippen molar-refractivity contribution in [2.75, 3.05) is 0 Å². The standard InChI is InChI=1S/C23H23NO5/c1-4-14(3)21(23(27)28)24-22(26)16-8-6-15(7-9-16)20-12-18(25)17-11-13(2)5-10-19(17)29-20/h5-12,14,21H,4H2,1-3H3,(H,24,26)(H,27,28). The summed E-state index contributed by atoms with van der Waals surface area (Å²) in [5.74, 6) is -1.30. The molecule has 0 spiro atoms. The van der Waals surface area contributed by atoms with Gasteiger partial charge in [0.15, 0.2) is 5.43 Å². The Balaban J connectivity index is 1.86. The summed E-state index contributed by atoms with van der Waals surface area (Å²) in [7, 11) is 0. The summed E-state index contributed by atoms with van der Waals surface area (Å²) in [6, 6.07) is 12.4. The predicted octanol–water partition coefficient (Wildman–Crippen LogP) is 4.00. The first-order valence-electron chi connectivity index (χ1n) is 9.48. The zero-order valence-corrected chi connectivity index (χ0v) is 16.6. The molecule has 1 heterocycles. The number of hydrogen-bond acceptors (Lipinski definition) is 4. The quantitative estimate of drug-likeness (QED) is 0.660. The lowest BCUT2D eigenvalue weighted by atomic mass is 9.98. The van der Waals surface area contributed by atoms with Gasteiger partial charge in [0.1, 0.15) is 17.4 Å². The maximum absolute atomic E-state index is 12.4. The van der Waals surface area contributed by atoms with Crippen molar-refractivity contribution >= 4 is 22.8 Å². The molecule has 2 aromatic carbocycles. The molecule has 3 aromatic rings. The second-order valence-electron chi connectivity index (χ2n) is 7.23. The van der Waals surface area contributed by atoms with E-state index in [-0.39, 0.29) is 11.3 Å². The summed E-state index contributed by atoms with van der Waals surface area (Å²) in [5, 5.41) is 12.4. The summed E-state index contributed by atoms with van der Waals surface area (Å²) in [5.41, 5.74) is 2.33. The molecule has 1 amide bonds. The van der Waals surface area contributed by atoms with E-state index in [1.165, 1.54) is 6.07 Å². The lowest BCUT2D eigenvalue weighted by molar-refractivity contribution is -0.140. The monoisotopic (exact) mass is 393 g/mol. The molecular formula is C23H23NO5. The van der Waals surface area contributed by atoms with Crippen molar-refractivity contribution in [2.45, 2.75) is 33.2 Å². The van der Waals surface area contributed by atoms with Crippen molar-refractivity contribution in [1.82, 2.24) is 5.32 Å². The minimum absolute atomic E-state index is 0.135. The van der Waals surface area contributed by atoms with E-state index in [9.17, 15) is 19.5 Å². The highest BCUT2D eigenvalue weighted by Crippen LogP contribution is 2.23. The highest BCUT2D eigenvalue weighted by molar-refractivity contribution is 5.97. The highest BCUT2D eigenvalue weighted by Gasteiger charge is 2.25. The summed E-state index contributed by atoms with van der Waals surface area (Å²) < 4.78 is 5.85. The number of carboxylic acid groups (broad SMARTS) is 1. The van der Waals surface area contributed by atoms with Crippen molar-refractivity contribution in [1.29, 1.82) is 0 Å². The topological polar surface area (TPSA) is 96.6 Å². The smallest absolute Gasteiger partial charge is 0.326 e. The number of aryl methyl sites for hydroxylation is 1. The number of benzene rings is 2. The molecule has 0 bridgehead atoms. The summed E-state index contributed by atoms with van der Waals surface area (Å²) in [6.45, 7) is 5.57. The van der Waals surface area contributed by atoms with Gasteiger partial charge in [0.05, 0.1) is 5.39 Å². The van der Waals surface area contributed by atoms with Gasteiger partial charge in [-0.15, -0.1) is 0 Å². The average molecular weight is 393 g/mol. The van der Waals surface area contributed by atoms with E-state index in [1.807, 2.05) is 19.9 Å². The summed E-state index contributed by atoms with van der Waals surface area (Å²) in [4.78, 5) is 36.2. The van der Waals surface area contributed by atoms with Gasteiger partial charge in [-0.1, -0.05) is 44.0 Å². The van der Waals surface area contributed by atoms with Gasteiger partial charge in [-0.2, -0.15) is 0 Å². The van der Waals surface area contributed by atoms with E-state index >= 15 is 0 Å². The van der Waals surface area contributed by atoms with Gasteiger partial charge < -0.3 is 14.8 Å². The van der Waals surface area contributed by atoms with Crippen LogP contribution in [0.1, 0.15) is 36.2 Å². The Morgan fingerprint density at radius 1 is 1.10 bits per heavy atom. The minimum Gasteiger partial charge on any atom is -0.480 e. The van der Waals surface area contributed by atoms with Gasteiger partial charge in [-0.25, -0.2) is 4.79 Å². The van der Waals surface area contributed by atoms with Crippen LogP contribution in [-0.4, -0.2) is 23.0 Å². The largest absolute Gasteiger partial charge is 0.480 e. The third kappa shape index (κ3) is 4.37. The van der Waals surface area contributed by atoms with Crippen LogP contribution < -0.4 is 10.7 Å². The molecule has 150 valence electrons. The van der Waals surface area contributed by atoms with Crippen LogP contribution in [0.15, 0.2) is 57.7 Å². The van der Waals surface area contributed by atoms with E-state index in [0.717, 1.165) is 5.56 Å². The number of amides is 1. The maximum Gasteiger partial charge on any atom is 0.326 e. The van der Waals surface area contributed by atoms with Crippen LogP contribution in [0.4, 0.5) is 0 Å². The Labute approximate surface area is 168 Å². The molecule has 0 aliphatic carbocycles. The second-order valence-corrected chi connectivity index (χ2v) is 7.23. The van der Waals surface area contributed by atoms with E-state index in [4.69, 9.17) is 4.42 Å². The molecule has 0 saturated carbocycles. The van der Waals surface area contributed by atoms with Crippen LogP contribution in [0.5, 0.6) is 0 Å². The predicted molar refractivity (Wildman–Crippen MR) is 111 cm³/mol. The third-order valence-electron chi connectivity index (χ3n) is 5.08. The van der Waals surface area contributed by atoms with Gasteiger partial charge >= 0.3 is 5.97 Å². The molecule has 0 fully saturated rings. The number of aliphatic carboxylic acids is 1. The van der Waals surface area contributed by atoms with Crippen LogP contribution in [0.25, 0.3) is 22.3 Å². The van der Waals surface area contributed by atoms with Gasteiger partial charge in [0.2, 0.25) is 0 Å². The average Bonchev–Trinajstić information content (AvgIpc) is 2.71. The Morgan fingerprint density at radius 2 is 1.79 bits per heavy atom. The van der Waals surface area contributed by atoms with Crippen LogP contribution in [0, 0.1) is 12.8 Å². The normalized spacial score (nSPS) is 13.1. The number of rotatable bonds is 6. The fraction of sp³-hybridized carbons (Fsp3) is 0.261. The molecule has 2 N–H and O–H groups in total. The molecule has 2 atom stereocenters. The lowest BCUT2D eigenvalue weighted by Gasteiger charge is -2.20. The first kappa shape index (κ1) is 20.3. The van der Waals surface area contributed by atoms with Crippen LogP contribution >= 0.6 is 0 Å². The maximum atomic E-state index is 12.4. The molecule has 6 nitrogen and oxygen atoms in total. The van der Waals surface area contributed by atoms with Crippen molar-refractivity contribution in [2.24, 2.45) is 5.92 Å². The van der Waals surface area contributed by atoms with E-state index < -0.39 is 17.9 Å². The molecule has 6 heteroatoms. The van der Waals surface area contributed by atoms with E-state index in [0.29, 0.717) is 34.3 Å². The molecular weight excluding hydrogens is 370 g/mol. The zero-order valence-electron chi connectivity index (χ0n) is 16.6. The van der Waals surface area contributed by atoms with Gasteiger partial charge in [0, 0.05) is 17.2 Å². The minimum atomic E-state index is -1.06. The summed E-state index contributed by atoms with van der Waals surface area (Å²) >= 11 is 0. The Kier molecular flexibility index (Phi) is 5.82. The molecule has 2 unspecified atom stereocenters. The number of fused-ring (bicyclic) bond motifs is 1. The van der Waals surface area contributed by atoms with Crippen molar-refractivity contribution in [3.05, 3.63) is 69.9 Å². The SMILES string of the molecule is CCC(C)C(NC(=O)c1ccc(-c2cc(=O)c3cc(C)ccc3o2)cc1)C(=O)O. The van der Waals surface area contributed by atoms with E-state index in [2.05, 4.69) is 5.32 Å². The Hall–Kier alpha value is -3.41. The highest BCUT2D eigenvalue weighted by atomic mass is 16.4. The van der Waals surface area contributed by atoms with Gasteiger partial charge in [-0.05, 0) is 37.1 Å². The van der Waals surface area contributed by atoms with Crippen molar-refractivity contribution in [3.63, 3.8) is 0 Å². The molecule has 1 aromatic heterocycles. The molecule has 29 heavy (non-hydrogen) atoms. The third-order valence-corrected chi connectivity index (χ3v) is 5.08. The summed E-state index contributed by atoms with van der Waals surface area (Å²) in [6.07, 6.45) is 0.636. The molecule has 0 radical (unpaired) electrons. The van der Waals surface area contributed by atoms with Crippen molar-refractivity contribution < 1.29 is 19.1 Å². The Bertz CT molecular complexity index is 1110. The van der Waals surface area contributed by atoms with E-state index in [1.54, 1.807) is 43.3 Å². The van der Waals surface area contributed by atoms with Gasteiger partial charge in [-0.3, -0.25) is 9.59 Å². The van der Waals surface area contributed by atoms with Crippen LogP contribution in [-0.2, 0) is 4.79 Å². The first-order chi connectivity index (χ1) is 13.8. The zero-order chi connectivity index (χ0) is 21.1. The number of carboxylic acids is 1. The first-order valence-corrected chi connectivity index (χ1v) is 9.48.